The third-order valence-corrected chi connectivity index (χ3v) is 4.30. The molecule has 21 heavy (non-hydrogen) atoms. The van der Waals surface area contributed by atoms with Crippen molar-refractivity contribution in [2.75, 3.05) is 13.2 Å². The molecule has 1 fully saturated rings. The first-order valence-corrected chi connectivity index (χ1v) is 7.86. The summed E-state index contributed by atoms with van der Waals surface area (Å²) in [6, 6.07) is 3.24. The highest BCUT2D eigenvalue weighted by molar-refractivity contribution is 5.28. The van der Waals surface area contributed by atoms with E-state index in [1.165, 1.54) is 0 Å². The normalized spacial score (nSPS) is 22.9. The highest BCUT2D eigenvalue weighted by Gasteiger charge is 2.32. The molecule has 0 heterocycles. The molecule has 1 atom stereocenters. The van der Waals surface area contributed by atoms with E-state index in [2.05, 4.69) is 5.32 Å². The maximum Gasteiger partial charge on any atom is 0.163 e. The summed E-state index contributed by atoms with van der Waals surface area (Å²) in [6.07, 6.45) is 3.22. The summed E-state index contributed by atoms with van der Waals surface area (Å²) >= 11 is 0. The fourth-order valence-corrected chi connectivity index (χ4v) is 3.07. The molecule has 0 amide bonds. The molecule has 0 bridgehead atoms. The summed E-state index contributed by atoms with van der Waals surface area (Å²) < 4.78 is 33.5. The fourth-order valence-electron chi connectivity index (χ4n) is 3.07. The number of hydrogen-bond donors (Lipinski definition) is 1. The first-order valence-electron chi connectivity index (χ1n) is 7.86. The molecule has 0 saturated heterocycles. The maximum absolute atomic E-state index is 14.2. The average molecular weight is 297 g/mol. The van der Waals surface area contributed by atoms with Gasteiger partial charge in [0.05, 0.1) is 6.10 Å². The van der Waals surface area contributed by atoms with Crippen molar-refractivity contribution in [3.63, 3.8) is 0 Å². The molecule has 1 N–H and O–H groups in total. The van der Waals surface area contributed by atoms with Gasteiger partial charge in [-0.3, -0.25) is 0 Å². The summed E-state index contributed by atoms with van der Waals surface area (Å²) in [7, 11) is 0. The van der Waals surface area contributed by atoms with Crippen molar-refractivity contribution in [3.8, 4) is 0 Å². The molecule has 0 spiro atoms. The van der Waals surface area contributed by atoms with Crippen molar-refractivity contribution in [2.24, 2.45) is 5.92 Å². The fraction of sp³-hybridized carbons (Fsp3) is 0.647. The third kappa shape index (κ3) is 3.80. The molecular weight excluding hydrogens is 272 g/mol. The van der Waals surface area contributed by atoms with E-state index in [1.807, 2.05) is 13.8 Å². The van der Waals surface area contributed by atoms with Gasteiger partial charge in [-0.25, -0.2) is 8.78 Å². The van der Waals surface area contributed by atoms with Gasteiger partial charge in [-0.05, 0) is 51.1 Å². The van der Waals surface area contributed by atoms with Crippen molar-refractivity contribution in [1.29, 1.82) is 0 Å². The van der Waals surface area contributed by atoms with Crippen molar-refractivity contribution in [3.05, 3.63) is 34.9 Å². The summed E-state index contributed by atoms with van der Waals surface area (Å²) in [4.78, 5) is 0. The molecule has 0 radical (unpaired) electrons. The van der Waals surface area contributed by atoms with Crippen LogP contribution in [0.2, 0.25) is 0 Å². The summed E-state index contributed by atoms with van der Waals surface area (Å²) in [6.45, 7) is 7.05. The predicted octanol–water partition coefficient (Wildman–Crippen LogP) is 4.13. The zero-order valence-corrected chi connectivity index (χ0v) is 13.1. The number of halogens is 2. The zero-order valence-electron chi connectivity index (χ0n) is 13.1. The van der Waals surface area contributed by atoms with Crippen molar-refractivity contribution in [2.45, 2.75) is 52.2 Å². The van der Waals surface area contributed by atoms with Crippen LogP contribution in [0.4, 0.5) is 8.78 Å². The van der Waals surface area contributed by atoms with E-state index in [0.29, 0.717) is 23.1 Å². The lowest BCUT2D eigenvalue weighted by Gasteiger charge is -2.37. The number of aryl methyl sites for hydroxylation is 1. The molecular formula is C17H25F2NO. The minimum Gasteiger partial charge on any atom is -0.378 e. The summed E-state index contributed by atoms with van der Waals surface area (Å²) in [5.41, 5.74) is 0.798. The Kier molecular flexibility index (Phi) is 5.71. The molecule has 1 aromatic carbocycles. The first kappa shape index (κ1) is 16.4. The van der Waals surface area contributed by atoms with Crippen LogP contribution in [-0.2, 0) is 4.74 Å². The van der Waals surface area contributed by atoms with Crippen LogP contribution in [0.3, 0.4) is 0 Å². The van der Waals surface area contributed by atoms with Gasteiger partial charge < -0.3 is 10.1 Å². The number of rotatable bonds is 7. The van der Waals surface area contributed by atoms with Gasteiger partial charge in [-0.15, -0.1) is 0 Å². The van der Waals surface area contributed by atoms with Crippen LogP contribution in [0.15, 0.2) is 12.1 Å². The van der Waals surface area contributed by atoms with Gasteiger partial charge in [0, 0.05) is 18.2 Å². The molecule has 1 unspecified atom stereocenters. The lowest BCUT2D eigenvalue weighted by atomic mass is 9.77. The van der Waals surface area contributed by atoms with Gasteiger partial charge >= 0.3 is 0 Å². The first-order chi connectivity index (χ1) is 10.1. The highest BCUT2D eigenvalue weighted by atomic mass is 19.2. The number of nitrogens with one attached hydrogen (secondary N) is 1. The van der Waals surface area contributed by atoms with E-state index in [4.69, 9.17) is 4.74 Å². The largest absolute Gasteiger partial charge is 0.378 e. The molecule has 4 heteroatoms. The van der Waals surface area contributed by atoms with Crippen LogP contribution in [-0.4, -0.2) is 19.3 Å². The molecule has 118 valence electrons. The quantitative estimate of drug-likeness (QED) is 0.817. The van der Waals surface area contributed by atoms with E-state index in [0.717, 1.165) is 32.4 Å². The van der Waals surface area contributed by atoms with E-state index in [-0.39, 0.29) is 6.04 Å². The second-order valence-corrected chi connectivity index (χ2v) is 5.86. The van der Waals surface area contributed by atoms with Crippen molar-refractivity contribution >= 4 is 0 Å². The summed E-state index contributed by atoms with van der Waals surface area (Å²) in [5.74, 6) is -0.910. The average Bonchev–Trinajstić information content (AvgIpc) is 2.42. The van der Waals surface area contributed by atoms with E-state index in [1.54, 1.807) is 19.1 Å². The van der Waals surface area contributed by atoms with Crippen LogP contribution in [0.25, 0.3) is 0 Å². The standard InChI is InChI=1S/C17H25F2NO/c1-4-20-15(10-12-8-13(9-12)21-5-2)14-7-6-11(3)16(18)17(14)19/h6-7,12-13,15,20H,4-5,8-10H2,1-3H3. The van der Waals surface area contributed by atoms with E-state index in [9.17, 15) is 8.78 Å². The molecule has 1 aliphatic rings. The summed E-state index contributed by atoms with van der Waals surface area (Å²) in [5, 5.41) is 3.28. The highest BCUT2D eigenvalue weighted by Crippen LogP contribution is 2.37. The molecule has 1 aromatic rings. The van der Waals surface area contributed by atoms with E-state index < -0.39 is 11.6 Å². The Morgan fingerprint density at radius 3 is 2.57 bits per heavy atom. The van der Waals surface area contributed by atoms with Gasteiger partial charge in [0.2, 0.25) is 0 Å². The van der Waals surface area contributed by atoms with Gasteiger partial charge in [0.25, 0.3) is 0 Å². The third-order valence-electron chi connectivity index (χ3n) is 4.30. The number of benzene rings is 1. The molecule has 2 nitrogen and oxygen atoms in total. The lowest BCUT2D eigenvalue weighted by molar-refractivity contribution is -0.0292. The Bertz CT molecular complexity index is 472. The van der Waals surface area contributed by atoms with Crippen LogP contribution in [0.1, 0.15) is 50.3 Å². The molecule has 0 aliphatic heterocycles. The van der Waals surface area contributed by atoms with Gasteiger partial charge in [0.15, 0.2) is 11.6 Å². The minimum absolute atomic E-state index is 0.127. The smallest absolute Gasteiger partial charge is 0.163 e. The molecule has 1 aliphatic carbocycles. The van der Waals surface area contributed by atoms with Crippen molar-refractivity contribution in [1.82, 2.24) is 5.32 Å². The van der Waals surface area contributed by atoms with E-state index >= 15 is 0 Å². The van der Waals surface area contributed by atoms with Gasteiger partial charge in [0.1, 0.15) is 0 Å². The number of ether oxygens (including phenoxy) is 1. The Labute approximate surface area is 125 Å². The topological polar surface area (TPSA) is 21.3 Å². The van der Waals surface area contributed by atoms with Crippen LogP contribution in [0.5, 0.6) is 0 Å². The lowest BCUT2D eigenvalue weighted by Crippen LogP contribution is -2.35. The second kappa shape index (κ2) is 7.32. The Balaban J connectivity index is 2.04. The minimum atomic E-state index is -0.726. The van der Waals surface area contributed by atoms with Crippen molar-refractivity contribution < 1.29 is 13.5 Å². The molecule has 0 aromatic heterocycles. The van der Waals surface area contributed by atoms with Crippen LogP contribution in [0, 0.1) is 24.5 Å². The molecule has 2 rings (SSSR count). The molecule has 1 saturated carbocycles. The second-order valence-electron chi connectivity index (χ2n) is 5.86. The van der Waals surface area contributed by atoms with Gasteiger partial charge in [-0.2, -0.15) is 0 Å². The SMILES string of the molecule is CCNC(CC1CC(OCC)C1)c1ccc(C)c(F)c1F. The van der Waals surface area contributed by atoms with Crippen LogP contribution < -0.4 is 5.32 Å². The van der Waals surface area contributed by atoms with Gasteiger partial charge in [-0.1, -0.05) is 19.1 Å². The Hall–Kier alpha value is -1.00. The maximum atomic E-state index is 14.2. The Morgan fingerprint density at radius 1 is 1.24 bits per heavy atom. The Morgan fingerprint density at radius 2 is 1.95 bits per heavy atom. The number of hydrogen-bond acceptors (Lipinski definition) is 2. The predicted molar refractivity (Wildman–Crippen MR) is 80.3 cm³/mol. The monoisotopic (exact) mass is 297 g/mol. The van der Waals surface area contributed by atoms with Crippen LogP contribution >= 0.6 is 0 Å². The zero-order chi connectivity index (χ0) is 15.4.